The monoisotopic (exact) mass is 383 g/mol. The number of thioether (sulfide) groups is 1. The second-order valence-electron chi connectivity index (χ2n) is 5.77. The van der Waals surface area contributed by atoms with Gasteiger partial charge >= 0.3 is 0 Å². The molecule has 4 nitrogen and oxygen atoms in total. The Hall–Kier alpha value is -2.44. The van der Waals surface area contributed by atoms with E-state index in [0.29, 0.717) is 11.5 Å². The van der Waals surface area contributed by atoms with Gasteiger partial charge < -0.3 is 14.8 Å². The Morgan fingerprint density at radius 3 is 2.77 bits per heavy atom. The highest BCUT2D eigenvalue weighted by atomic mass is 32.2. The maximum Gasteiger partial charge on any atom is 0.269 e. The lowest BCUT2D eigenvalue weighted by Crippen LogP contribution is -2.40. The molecule has 2 aromatic carbocycles. The van der Waals surface area contributed by atoms with Crippen molar-refractivity contribution in [2.45, 2.75) is 16.8 Å². The first kappa shape index (κ1) is 17.0. The molecule has 0 saturated heterocycles. The van der Waals surface area contributed by atoms with Crippen LogP contribution in [0.5, 0.6) is 11.5 Å². The van der Waals surface area contributed by atoms with Gasteiger partial charge in [0.2, 0.25) is 6.10 Å². The van der Waals surface area contributed by atoms with E-state index in [1.54, 1.807) is 29.2 Å². The lowest BCUT2D eigenvalue weighted by atomic mass is 10.2. The molecule has 0 radical (unpaired) electrons. The van der Waals surface area contributed by atoms with Crippen LogP contribution < -0.4 is 14.8 Å². The van der Waals surface area contributed by atoms with Crippen molar-refractivity contribution in [3.63, 3.8) is 0 Å². The van der Waals surface area contributed by atoms with Crippen molar-refractivity contribution in [1.29, 1.82) is 0 Å². The number of amides is 1. The predicted molar refractivity (Wildman–Crippen MR) is 105 cm³/mol. The van der Waals surface area contributed by atoms with Crippen molar-refractivity contribution in [3.05, 3.63) is 70.9 Å². The third kappa shape index (κ3) is 3.86. The molecule has 1 aromatic heterocycles. The van der Waals surface area contributed by atoms with Crippen LogP contribution in [0.2, 0.25) is 0 Å². The number of rotatable bonds is 5. The Morgan fingerprint density at radius 2 is 1.92 bits per heavy atom. The van der Waals surface area contributed by atoms with Gasteiger partial charge in [-0.2, -0.15) is 11.3 Å². The zero-order valence-corrected chi connectivity index (χ0v) is 15.5. The summed E-state index contributed by atoms with van der Waals surface area (Å²) in [7, 11) is 0. The fourth-order valence-corrected chi connectivity index (χ4v) is 4.32. The molecule has 0 saturated carbocycles. The van der Waals surface area contributed by atoms with E-state index >= 15 is 0 Å². The van der Waals surface area contributed by atoms with Crippen LogP contribution in [0.4, 0.5) is 5.69 Å². The van der Waals surface area contributed by atoms with Gasteiger partial charge in [-0.15, -0.1) is 11.8 Å². The average molecular weight is 383 g/mol. The van der Waals surface area contributed by atoms with Crippen LogP contribution in [-0.2, 0) is 10.5 Å². The van der Waals surface area contributed by atoms with Crippen LogP contribution in [-0.4, -0.2) is 18.6 Å². The number of ether oxygens (including phenoxy) is 2. The van der Waals surface area contributed by atoms with E-state index < -0.39 is 6.10 Å². The maximum absolute atomic E-state index is 12.6. The first-order chi connectivity index (χ1) is 12.8. The average Bonchev–Trinajstić information content (AvgIpc) is 3.20. The molecule has 1 aliphatic heterocycles. The summed E-state index contributed by atoms with van der Waals surface area (Å²) in [5.41, 5.74) is 2.07. The first-order valence-electron chi connectivity index (χ1n) is 8.22. The van der Waals surface area contributed by atoms with Crippen molar-refractivity contribution in [3.8, 4) is 11.5 Å². The smallest absolute Gasteiger partial charge is 0.269 e. The Morgan fingerprint density at radius 1 is 1.12 bits per heavy atom. The zero-order valence-electron chi connectivity index (χ0n) is 13.9. The molecule has 1 atom stereocenters. The van der Waals surface area contributed by atoms with Crippen LogP contribution in [0.15, 0.2) is 70.3 Å². The molecule has 1 amide bonds. The fraction of sp³-hybridized carbons (Fsp3) is 0.150. The van der Waals surface area contributed by atoms with Crippen molar-refractivity contribution < 1.29 is 14.3 Å². The van der Waals surface area contributed by atoms with Gasteiger partial charge in [0.1, 0.15) is 6.61 Å². The minimum atomic E-state index is -0.667. The van der Waals surface area contributed by atoms with Crippen molar-refractivity contribution >= 4 is 34.7 Å². The number of anilines is 1. The summed E-state index contributed by atoms with van der Waals surface area (Å²) >= 11 is 3.39. The number of fused-ring (bicyclic) bond motifs is 1. The number of para-hydroxylation sites is 3. The highest BCUT2D eigenvalue weighted by Gasteiger charge is 2.27. The summed E-state index contributed by atoms with van der Waals surface area (Å²) in [5.74, 6) is 1.93. The minimum Gasteiger partial charge on any atom is -0.485 e. The maximum atomic E-state index is 12.6. The standard InChI is InChI=1S/C20H17NO3S2/c22-20(18-11-23-16-6-2-3-7-17(16)24-18)21-15-5-1-4-8-19(15)26-13-14-9-10-25-12-14/h1-10,12,18H,11,13H2,(H,21,22). The number of nitrogens with one attached hydrogen (secondary N) is 1. The Balaban J connectivity index is 1.43. The molecular formula is C20H17NO3S2. The van der Waals surface area contributed by atoms with Gasteiger partial charge in [0.05, 0.1) is 5.69 Å². The zero-order chi connectivity index (χ0) is 17.8. The molecular weight excluding hydrogens is 366 g/mol. The van der Waals surface area contributed by atoms with E-state index in [9.17, 15) is 4.79 Å². The summed E-state index contributed by atoms with van der Waals surface area (Å²) in [6.07, 6.45) is -0.667. The largest absolute Gasteiger partial charge is 0.485 e. The number of thiophene rings is 1. The topological polar surface area (TPSA) is 47.6 Å². The Kier molecular flexibility index (Phi) is 5.13. The lowest BCUT2D eigenvalue weighted by Gasteiger charge is -2.25. The molecule has 26 heavy (non-hydrogen) atoms. The molecule has 3 aromatic rings. The van der Waals surface area contributed by atoms with Gasteiger partial charge in [-0.25, -0.2) is 0 Å². The van der Waals surface area contributed by atoms with E-state index in [4.69, 9.17) is 9.47 Å². The highest BCUT2D eigenvalue weighted by molar-refractivity contribution is 7.98. The van der Waals surface area contributed by atoms with E-state index in [0.717, 1.165) is 16.3 Å². The molecule has 6 heteroatoms. The molecule has 0 spiro atoms. The van der Waals surface area contributed by atoms with Gasteiger partial charge in [0.25, 0.3) is 5.91 Å². The first-order valence-corrected chi connectivity index (χ1v) is 10.1. The number of hydrogen-bond acceptors (Lipinski definition) is 5. The second-order valence-corrected chi connectivity index (χ2v) is 7.57. The van der Waals surface area contributed by atoms with Crippen molar-refractivity contribution in [1.82, 2.24) is 0 Å². The summed E-state index contributed by atoms with van der Waals surface area (Å²) in [5, 5.41) is 7.19. The minimum absolute atomic E-state index is 0.201. The van der Waals surface area contributed by atoms with Crippen LogP contribution in [0.25, 0.3) is 0 Å². The van der Waals surface area contributed by atoms with E-state index in [-0.39, 0.29) is 12.5 Å². The number of carbonyl (C=O) groups excluding carboxylic acids is 1. The third-order valence-electron chi connectivity index (χ3n) is 3.92. The summed E-state index contributed by atoms with van der Waals surface area (Å²) in [4.78, 5) is 13.7. The molecule has 0 fully saturated rings. The summed E-state index contributed by atoms with van der Waals surface area (Å²) < 4.78 is 11.4. The Labute approximate surface area is 160 Å². The van der Waals surface area contributed by atoms with E-state index in [1.165, 1.54) is 5.56 Å². The molecule has 1 aliphatic rings. The van der Waals surface area contributed by atoms with E-state index in [2.05, 4.69) is 22.1 Å². The molecule has 1 unspecified atom stereocenters. The van der Waals surface area contributed by atoms with Crippen LogP contribution >= 0.6 is 23.1 Å². The van der Waals surface area contributed by atoms with Crippen LogP contribution in [0.1, 0.15) is 5.56 Å². The molecule has 0 aliphatic carbocycles. The second kappa shape index (κ2) is 7.85. The van der Waals surface area contributed by atoms with Crippen LogP contribution in [0.3, 0.4) is 0 Å². The molecule has 2 heterocycles. The highest BCUT2D eigenvalue weighted by Crippen LogP contribution is 2.33. The molecule has 132 valence electrons. The third-order valence-corrected chi connectivity index (χ3v) is 5.80. The van der Waals surface area contributed by atoms with Gasteiger partial charge in [0, 0.05) is 10.6 Å². The van der Waals surface area contributed by atoms with Crippen molar-refractivity contribution in [2.75, 3.05) is 11.9 Å². The molecule has 1 N–H and O–H groups in total. The fourth-order valence-electron chi connectivity index (χ4n) is 2.59. The Bertz CT molecular complexity index is 896. The predicted octanol–water partition coefficient (Wildman–Crippen LogP) is 4.82. The van der Waals surface area contributed by atoms with Crippen molar-refractivity contribution in [2.24, 2.45) is 0 Å². The number of hydrogen-bond donors (Lipinski definition) is 1. The SMILES string of the molecule is O=C(Nc1ccccc1SCc1ccsc1)C1COc2ccccc2O1. The lowest BCUT2D eigenvalue weighted by molar-refractivity contribution is -0.125. The summed E-state index contributed by atoms with van der Waals surface area (Å²) in [6.45, 7) is 0.201. The molecule has 0 bridgehead atoms. The van der Waals surface area contributed by atoms with E-state index in [1.807, 2.05) is 42.5 Å². The van der Waals surface area contributed by atoms with Gasteiger partial charge in [-0.1, -0.05) is 24.3 Å². The molecule has 4 rings (SSSR count). The van der Waals surface area contributed by atoms with Crippen LogP contribution in [0, 0.1) is 0 Å². The summed E-state index contributed by atoms with van der Waals surface area (Å²) in [6, 6.07) is 17.3. The van der Waals surface area contributed by atoms with Gasteiger partial charge in [-0.3, -0.25) is 4.79 Å². The number of carbonyl (C=O) groups is 1. The normalized spacial score (nSPS) is 15.5. The van der Waals surface area contributed by atoms with Gasteiger partial charge in [0.15, 0.2) is 11.5 Å². The quantitative estimate of drug-likeness (QED) is 0.642. The number of benzene rings is 2. The van der Waals surface area contributed by atoms with Gasteiger partial charge in [-0.05, 0) is 46.7 Å².